The van der Waals surface area contributed by atoms with Crippen molar-refractivity contribution >= 4 is 0 Å². The van der Waals surface area contributed by atoms with Gasteiger partial charge in [0.25, 0.3) is 0 Å². The standard InChI is InChI=1S/C18H21FO2/c1-2-12-21-16-9-10-18(19)17(13-16)15-7-5-14(6-8-15)4-3-11-20/h5-10,13,20H,2-4,11-12H2,1H3. The van der Waals surface area contributed by atoms with Crippen molar-refractivity contribution in [1.82, 2.24) is 0 Å². The maximum Gasteiger partial charge on any atom is 0.131 e. The van der Waals surface area contributed by atoms with E-state index in [-0.39, 0.29) is 12.4 Å². The Morgan fingerprint density at radius 2 is 1.86 bits per heavy atom. The summed E-state index contributed by atoms with van der Waals surface area (Å²) in [5, 5.41) is 8.83. The average Bonchev–Trinajstić information content (AvgIpc) is 2.53. The molecule has 0 saturated heterocycles. The van der Waals surface area contributed by atoms with Gasteiger partial charge in [-0.1, -0.05) is 31.2 Å². The molecule has 1 N–H and O–H groups in total. The predicted octanol–water partition coefficient (Wildman–Crippen LogP) is 4.21. The van der Waals surface area contributed by atoms with Gasteiger partial charge in [0.1, 0.15) is 11.6 Å². The molecule has 2 aromatic carbocycles. The van der Waals surface area contributed by atoms with Crippen molar-refractivity contribution in [3.05, 3.63) is 53.8 Å². The monoisotopic (exact) mass is 288 g/mol. The van der Waals surface area contributed by atoms with E-state index in [0.29, 0.717) is 17.9 Å². The molecule has 21 heavy (non-hydrogen) atoms. The molecule has 0 aliphatic rings. The molecule has 2 aromatic rings. The number of benzene rings is 2. The van der Waals surface area contributed by atoms with E-state index in [9.17, 15) is 4.39 Å². The van der Waals surface area contributed by atoms with Crippen molar-refractivity contribution in [2.45, 2.75) is 26.2 Å². The van der Waals surface area contributed by atoms with E-state index in [1.54, 1.807) is 12.1 Å². The second kappa shape index (κ2) is 7.79. The molecule has 112 valence electrons. The summed E-state index contributed by atoms with van der Waals surface area (Å²) >= 11 is 0. The summed E-state index contributed by atoms with van der Waals surface area (Å²) in [7, 11) is 0. The largest absolute Gasteiger partial charge is 0.494 e. The first-order valence-electron chi connectivity index (χ1n) is 7.37. The number of aryl methyl sites for hydroxylation is 1. The first-order valence-corrected chi connectivity index (χ1v) is 7.37. The van der Waals surface area contributed by atoms with Gasteiger partial charge in [-0.25, -0.2) is 4.39 Å². The molecular weight excluding hydrogens is 267 g/mol. The third-order valence-electron chi connectivity index (χ3n) is 3.30. The highest BCUT2D eigenvalue weighted by Crippen LogP contribution is 2.27. The molecule has 0 saturated carbocycles. The molecule has 2 rings (SSSR count). The van der Waals surface area contributed by atoms with Crippen LogP contribution in [0.3, 0.4) is 0 Å². The SMILES string of the molecule is CCCOc1ccc(F)c(-c2ccc(CCCO)cc2)c1. The van der Waals surface area contributed by atoms with Crippen molar-refractivity contribution in [1.29, 1.82) is 0 Å². The van der Waals surface area contributed by atoms with Crippen LogP contribution in [0.1, 0.15) is 25.3 Å². The molecule has 0 spiro atoms. The van der Waals surface area contributed by atoms with E-state index < -0.39 is 0 Å². The lowest BCUT2D eigenvalue weighted by Gasteiger charge is -2.09. The Bertz CT molecular complexity index is 564. The van der Waals surface area contributed by atoms with Crippen molar-refractivity contribution < 1.29 is 14.2 Å². The highest BCUT2D eigenvalue weighted by Gasteiger charge is 2.07. The lowest BCUT2D eigenvalue weighted by molar-refractivity contribution is 0.288. The topological polar surface area (TPSA) is 29.5 Å². The zero-order valence-corrected chi connectivity index (χ0v) is 12.3. The molecule has 0 unspecified atom stereocenters. The molecule has 0 aliphatic heterocycles. The number of rotatable bonds is 7. The fourth-order valence-electron chi connectivity index (χ4n) is 2.17. The van der Waals surface area contributed by atoms with E-state index in [1.165, 1.54) is 6.07 Å². The summed E-state index contributed by atoms with van der Waals surface area (Å²) in [5.41, 5.74) is 2.53. The van der Waals surface area contributed by atoms with Gasteiger partial charge in [0.15, 0.2) is 0 Å². The molecular formula is C18H21FO2. The third-order valence-corrected chi connectivity index (χ3v) is 3.30. The Kier molecular flexibility index (Phi) is 5.76. The molecule has 0 heterocycles. The minimum Gasteiger partial charge on any atom is -0.494 e. The number of ether oxygens (including phenoxy) is 1. The van der Waals surface area contributed by atoms with Gasteiger partial charge in [-0.3, -0.25) is 0 Å². The van der Waals surface area contributed by atoms with Crippen LogP contribution in [0.25, 0.3) is 11.1 Å². The van der Waals surface area contributed by atoms with Crippen LogP contribution < -0.4 is 4.74 Å². The summed E-state index contributed by atoms with van der Waals surface area (Å²) in [6.07, 6.45) is 2.50. The minimum absolute atomic E-state index is 0.188. The van der Waals surface area contributed by atoms with Gasteiger partial charge >= 0.3 is 0 Å². The van der Waals surface area contributed by atoms with E-state index in [1.807, 2.05) is 31.2 Å². The summed E-state index contributed by atoms with van der Waals surface area (Å²) in [6, 6.07) is 12.6. The van der Waals surface area contributed by atoms with Gasteiger partial charge < -0.3 is 9.84 Å². The highest BCUT2D eigenvalue weighted by atomic mass is 19.1. The van der Waals surface area contributed by atoms with E-state index >= 15 is 0 Å². The Hall–Kier alpha value is -1.87. The number of hydrogen-bond donors (Lipinski definition) is 1. The number of halogens is 1. The summed E-state index contributed by atoms with van der Waals surface area (Å²) < 4.78 is 19.5. The smallest absolute Gasteiger partial charge is 0.131 e. The molecule has 0 radical (unpaired) electrons. The first kappa shape index (κ1) is 15.5. The quantitative estimate of drug-likeness (QED) is 0.827. The number of hydrogen-bond acceptors (Lipinski definition) is 2. The highest BCUT2D eigenvalue weighted by molar-refractivity contribution is 5.66. The molecule has 3 heteroatoms. The zero-order chi connectivity index (χ0) is 15.1. The van der Waals surface area contributed by atoms with Gasteiger partial charge in [0.05, 0.1) is 6.61 Å². The van der Waals surface area contributed by atoms with Crippen LogP contribution in [0.2, 0.25) is 0 Å². The number of aliphatic hydroxyl groups excluding tert-OH is 1. The van der Waals surface area contributed by atoms with Crippen LogP contribution in [0.5, 0.6) is 5.75 Å². The van der Waals surface area contributed by atoms with Crippen molar-refractivity contribution in [2.24, 2.45) is 0 Å². The second-order valence-electron chi connectivity index (χ2n) is 5.01. The number of aliphatic hydroxyl groups is 1. The predicted molar refractivity (Wildman–Crippen MR) is 83.0 cm³/mol. The van der Waals surface area contributed by atoms with Crippen LogP contribution in [0.4, 0.5) is 4.39 Å². The Morgan fingerprint density at radius 1 is 1.10 bits per heavy atom. The third kappa shape index (κ3) is 4.30. The molecule has 0 aromatic heterocycles. The average molecular weight is 288 g/mol. The second-order valence-corrected chi connectivity index (χ2v) is 5.01. The van der Waals surface area contributed by atoms with E-state index in [2.05, 4.69) is 0 Å². The molecule has 0 atom stereocenters. The van der Waals surface area contributed by atoms with Crippen LogP contribution in [0, 0.1) is 5.82 Å². The van der Waals surface area contributed by atoms with E-state index in [4.69, 9.17) is 9.84 Å². The Labute approximate surface area is 125 Å². The molecule has 0 amide bonds. The lowest BCUT2D eigenvalue weighted by Crippen LogP contribution is -1.96. The van der Waals surface area contributed by atoms with Gasteiger partial charge in [0, 0.05) is 12.2 Å². The van der Waals surface area contributed by atoms with Crippen LogP contribution in [0.15, 0.2) is 42.5 Å². The van der Waals surface area contributed by atoms with Gasteiger partial charge in [-0.2, -0.15) is 0 Å². The first-order chi connectivity index (χ1) is 10.2. The fraction of sp³-hybridized carbons (Fsp3) is 0.333. The molecule has 2 nitrogen and oxygen atoms in total. The van der Waals surface area contributed by atoms with E-state index in [0.717, 1.165) is 30.4 Å². The van der Waals surface area contributed by atoms with Crippen molar-refractivity contribution in [3.63, 3.8) is 0 Å². The molecule has 0 aliphatic carbocycles. The van der Waals surface area contributed by atoms with Crippen LogP contribution >= 0.6 is 0 Å². The maximum absolute atomic E-state index is 14.0. The van der Waals surface area contributed by atoms with Crippen LogP contribution in [-0.4, -0.2) is 18.3 Å². The zero-order valence-electron chi connectivity index (χ0n) is 12.3. The Balaban J connectivity index is 2.19. The van der Waals surface area contributed by atoms with Crippen molar-refractivity contribution in [2.75, 3.05) is 13.2 Å². The fourth-order valence-corrected chi connectivity index (χ4v) is 2.17. The van der Waals surface area contributed by atoms with Crippen molar-refractivity contribution in [3.8, 4) is 16.9 Å². The minimum atomic E-state index is -0.248. The lowest BCUT2D eigenvalue weighted by atomic mass is 10.0. The summed E-state index contributed by atoms with van der Waals surface area (Å²) in [4.78, 5) is 0. The van der Waals surface area contributed by atoms with Gasteiger partial charge in [-0.15, -0.1) is 0 Å². The molecule has 0 fully saturated rings. The summed E-state index contributed by atoms with van der Waals surface area (Å²) in [6.45, 7) is 2.86. The normalized spacial score (nSPS) is 10.6. The van der Waals surface area contributed by atoms with Gasteiger partial charge in [-0.05, 0) is 48.6 Å². The maximum atomic E-state index is 14.0. The molecule has 0 bridgehead atoms. The van der Waals surface area contributed by atoms with Crippen LogP contribution in [-0.2, 0) is 6.42 Å². The Morgan fingerprint density at radius 3 is 2.52 bits per heavy atom. The van der Waals surface area contributed by atoms with Gasteiger partial charge in [0.2, 0.25) is 0 Å². The summed E-state index contributed by atoms with van der Waals surface area (Å²) in [5.74, 6) is 0.444.